The normalized spacial score (nSPS) is 27.5. The van der Waals surface area contributed by atoms with Crippen molar-refractivity contribution in [2.24, 2.45) is 5.92 Å². The van der Waals surface area contributed by atoms with Crippen molar-refractivity contribution in [1.82, 2.24) is 4.90 Å². The number of likely N-dealkylation sites (tertiary alicyclic amines) is 1. The van der Waals surface area contributed by atoms with Gasteiger partial charge in [-0.1, -0.05) is 6.42 Å². The van der Waals surface area contributed by atoms with E-state index in [0.29, 0.717) is 23.2 Å². The van der Waals surface area contributed by atoms with Crippen LogP contribution in [0.25, 0.3) is 0 Å². The van der Waals surface area contributed by atoms with Crippen LogP contribution in [0.2, 0.25) is 0 Å². The van der Waals surface area contributed by atoms with E-state index in [1.54, 1.807) is 21.3 Å². The van der Waals surface area contributed by atoms with Crippen LogP contribution in [0.4, 0.5) is 0 Å². The van der Waals surface area contributed by atoms with Crippen LogP contribution in [0.15, 0.2) is 24.3 Å². The van der Waals surface area contributed by atoms with Gasteiger partial charge in [-0.15, -0.1) is 0 Å². The summed E-state index contributed by atoms with van der Waals surface area (Å²) in [6.45, 7) is 2.41. The molecule has 2 aromatic carbocycles. The van der Waals surface area contributed by atoms with E-state index in [2.05, 4.69) is 23.1 Å². The zero-order valence-corrected chi connectivity index (χ0v) is 20.2. The summed E-state index contributed by atoms with van der Waals surface area (Å²) in [5.41, 5.74) is 1.97. The standard InChI is InChI=1S/C27H33NO6/c1-29-23-12-17(13-24(30-2)26(23)31-3)25-18-14-21-22(33-16-32-21)15-20(18)34-27(28-10-6-7-11-28)9-5-4-8-19(25)27/h12-15,19,25H,4-11,16H2,1-3H3/t19-,25-,27+/m1/s1. The van der Waals surface area contributed by atoms with Gasteiger partial charge in [-0.05, 0) is 49.4 Å². The average Bonchev–Trinajstić information content (AvgIpc) is 3.57. The van der Waals surface area contributed by atoms with Gasteiger partial charge in [0.25, 0.3) is 0 Å². The lowest BCUT2D eigenvalue weighted by atomic mass is 9.66. The third-order valence-electron chi connectivity index (χ3n) is 8.10. The maximum absolute atomic E-state index is 7.05. The molecule has 0 bridgehead atoms. The molecule has 3 atom stereocenters. The van der Waals surface area contributed by atoms with E-state index in [1.165, 1.54) is 25.7 Å². The van der Waals surface area contributed by atoms with Crippen LogP contribution in [-0.2, 0) is 0 Å². The van der Waals surface area contributed by atoms with Crippen LogP contribution in [0.1, 0.15) is 55.6 Å². The van der Waals surface area contributed by atoms with Crippen LogP contribution in [-0.4, -0.2) is 51.8 Å². The summed E-state index contributed by atoms with van der Waals surface area (Å²) in [5, 5.41) is 0. The molecule has 3 heterocycles. The van der Waals surface area contributed by atoms with Gasteiger partial charge in [-0.25, -0.2) is 0 Å². The summed E-state index contributed by atoms with van der Waals surface area (Å²) in [4.78, 5) is 2.61. The molecule has 0 spiro atoms. The first-order chi connectivity index (χ1) is 16.7. The second-order valence-corrected chi connectivity index (χ2v) is 9.67. The molecular formula is C27H33NO6. The number of hydrogen-bond acceptors (Lipinski definition) is 7. The summed E-state index contributed by atoms with van der Waals surface area (Å²) >= 11 is 0. The number of nitrogens with zero attached hydrogens (tertiary/aromatic N) is 1. The molecule has 1 aliphatic carbocycles. The Bertz CT molecular complexity index is 1060. The van der Waals surface area contributed by atoms with E-state index >= 15 is 0 Å². The van der Waals surface area contributed by atoms with Crippen molar-refractivity contribution >= 4 is 0 Å². The van der Waals surface area contributed by atoms with Gasteiger partial charge in [0, 0.05) is 43.0 Å². The lowest BCUT2D eigenvalue weighted by molar-refractivity contribution is -0.154. The molecule has 0 N–H and O–H groups in total. The van der Waals surface area contributed by atoms with Crippen LogP contribution >= 0.6 is 0 Å². The molecule has 1 saturated carbocycles. The molecule has 7 heteroatoms. The summed E-state index contributed by atoms with van der Waals surface area (Å²) < 4.78 is 35.7. The summed E-state index contributed by atoms with van der Waals surface area (Å²) in [6.07, 6.45) is 6.96. The van der Waals surface area contributed by atoms with Gasteiger partial charge >= 0.3 is 0 Å². The van der Waals surface area contributed by atoms with Crippen LogP contribution in [0.5, 0.6) is 34.5 Å². The van der Waals surface area contributed by atoms with E-state index in [9.17, 15) is 0 Å². The van der Waals surface area contributed by atoms with Crippen LogP contribution in [0, 0.1) is 5.92 Å². The molecule has 7 nitrogen and oxygen atoms in total. The molecule has 3 aliphatic heterocycles. The molecule has 0 radical (unpaired) electrons. The molecule has 4 aliphatic rings. The van der Waals surface area contributed by atoms with Gasteiger partial charge in [-0.3, -0.25) is 4.90 Å². The Labute approximate surface area is 200 Å². The van der Waals surface area contributed by atoms with Gasteiger partial charge in [0.05, 0.1) is 21.3 Å². The van der Waals surface area contributed by atoms with Gasteiger partial charge in [0.2, 0.25) is 12.5 Å². The highest BCUT2D eigenvalue weighted by atomic mass is 16.7. The monoisotopic (exact) mass is 467 g/mol. The number of benzene rings is 2. The minimum Gasteiger partial charge on any atom is -0.493 e. The molecule has 182 valence electrons. The van der Waals surface area contributed by atoms with Crippen LogP contribution in [0.3, 0.4) is 0 Å². The molecule has 1 saturated heterocycles. The molecule has 6 rings (SSSR count). The third-order valence-corrected chi connectivity index (χ3v) is 8.10. The predicted octanol–water partition coefficient (Wildman–Crippen LogP) is 4.95. The maximum atomic E-state index is 7.05. The molecule has 0 unspecified atom stereocenters. The summed E-state index contributed by atoms with van der Waals surface area (Å²) in [5.74, 6) is 4.80. The zero-order chi connectivity index (χ0) is 23.3. The number of methoxy groups -OCH3 is 3. The minimum atomic E-state index is -0.319. The Balaban J connectivity index is 1.57. The van der Waals surface area contributed by atoms with Gasteiger partial charge < -0.3 is 28.4 Å². The number of fused-ring (bicyclic) bond motifs is 3. The fraction of sp³-hybridized carbons (Fsp3) is 0.556. The molecular weight excluding hydrogens is 434 g/mol. The summed E-state index contributed by atoms with van der Waals surface area (Å²) in [6, 6.07) is 8.36. The van der Waals surface area contributed by atoms with E-state index in [4.69, 9.17) is 28.4 Å². The topological polar surface area (TPSA) is 58.6 Å². The minimum absolute atomic E-state index is 0.104. The van der Waals surface area contributed by atoms with Crippen molar-refractivity contribution < 1.29 is 28.4 Å². The Kier molecular flexibility index (Phi) is 5.40. The van der Waals surface area contributed by atoms with E-state index < -0.39 is 0 Å². The first-order valence-electron chi connectivity index (χ1n) is 12.4. The van der Waals surface area contributed by atoms with Gasteiger partial charge in [-0.2, -0.15) is 0 Å². The Morgan fingerprint density at radius 1 is 0.824 bits per heavy atom. The number of hydrogen-bond donors (Lipinski definition) is 0. The molecule has 0 aromatic heterocycles. The molecule has 2 aromatic rings. The Morgan fingerprint density at radius 3 is 2.21 bits per heavy atom. The largest absolute Gasteiger partial charge is 0.493 e. The van der Waals surface area contributed by atoms with Gasteiger partial charge in [0.1, 0.15) is 5.75 Å². The van der Waals surface area contributed by atoms with Crippen LogP contribution < -0.4 is 28.4 Å². The highest BCUT2D eigenvalue weighted by Crippen LogP contribution is 2.58. The van der Waals surface area contributed by atoms with Crippen molar-refractivity contribution in [2.45, 2.75) is 50.2 Å². The first-order valence-corrected chi connectivity index (χ1v) is 12.4. The summed E-state index contributed by atoms with van der Waals surface area (Å²) in [7, 11) is 4.99. The number of ether oxygens (including phenoxy) is 6. The maximum Gasteiger partial charge on any atom is 0.231 e. The fourth-order valence-corrected chi connectivity index (χ4v) is 6.63. The first kappa shape index (κ1) is 21.7. The fourth-order valence-electron chi connectivity index (χ4n) is 6.63. The van der Waals surface area contributed by atoms with E-state index in [1.807, 2.05) is 6.07 Å². The van der Waals surface area contributed by atoms with E-state index in [-0.39, 0.29) is 18.4 Å². The Morgan fingerprint density at radius 2 is 1.53 bits per heavy atom. The van der Waals surface area contributed by atoms with Crippen molar-refractivity contribution in [2.75, 3.05) is 41.2 Å². The quantitative estimate of drug-likeness (QED) is 0.617. The van der Waals surface area contributed by atoms with E-state index in [0.717, 1.165) is 54.3 Å². The predicted molar refractivity (Wildman–Crippen MR) is 127 cm³/mol. The number of rotatable bonds is 5. The highest BCUT2D eigenvalue weighted by molar-refractivity contribution is 5.60. The highest BCUT2D eigenvalue weighted by Gasteiger charge is 2.55. The third kappa shape index (κ3) is 3.20. The lowest BCUT2D eigenvalue weighted by Gasteiger charge is -2.55. The lowest BCUT2D eigenvalue weighted by Crippen LogP contribution is -2.61. The van der Waals surface area contributed by atoms with Crippen molar-refractivity contribution in [3.63, 3.8) is 0 Å². The Hall–Kier alpha value is -2.80. The molecule has 2 fully saturated rings. The smallest absolute Gasteiger partial charge is 0.231 e. The molecule has 34 heavy (non-hydrogen) atoms. The SMILES string of the molecule is COc1cc([C@@H]2c3cc4c(cc3O[C@@]3(N5CCCC5)CCCC[C@H]23)OCO4)cc(OC)c1OC. The second-order valence-electron chi connectivity index (χ2n) is 9.67. The second kappa shape index (κ2) is 8.45. The zero-order valence-electron chi connectivity index (χ0n) is 20.2. The molecule has 0 amide bonds. The van der Waals surface area contributed by atoms with Gasteiger partial charge in [0.15, 0.2) is 28.7 Å². The van der Waals surface area contributed by atoms with Crippen molar-refractivity contribution in [3.05, 3.63) is 35.4 Å². The van der Waals surface area contributed by atoms with Crippen molar-refractivity contribution in [1.29, 1.82) is 0 Å². The average molecular weight is 468 g/mol. The van der Waals surface area contributed by atoms with Crippen molar-refractivity contribution in [3.8, 4) is 34.5 Å².